The van der Waals surface area contributed by atoms with Crippen LogP contribution in [0.5, 0.6) is 0 Å². The monoisotopic (exact) mass is 442 g/mol. The maximum Gasteiger partial charge on any atom is 0.335 e. The van der Waals surface area contributed by atoms with Gasteiger partial charge in [-0.25, -0.2) is 18.0 Å². The lowest BCUT2D eigenvalue weighted by Crippen LogP contribution is -2.37. The number of carbonyl (C=O) groups is 2. The molecule has 0 bridgehead atoms. The van der Waals surface area contributed by atoms with Gasteiger partial charge in [0.2, 0.25) is 0 Å². The van der Waals surface area contributed by atoms with Gasteiger partial charge in [-0.15, -0.1) is 0 Å². The molecule has 0 amide bonds. The van der Waals surface area contributed by atoms with E-state index in [4.69, 9.17) is 16.7 Å². The third-order valence-electron chi connectivity index (χ3n) is 3.79. The Bertz CT molecular complexity index is 1050. The molecule has 0 heterocycles. The summed E-state index contributed by atoms with van der Waals surface area (Å²) in [4.78, 5) is 32.8. The second kappa shape index (κ2) is 8.88. The fraction of sp³-hybridized carbons (Fsp3) is 0.176. The molecule has 3 N–H and O–H groups in total. The van der Waals surface area contributed by atoms with Crippen LogP contribution in [-0.4, -0.2) is 47.3 Å². The van der Waals surface area contributed by atoms with E-state index in [9.17, 15) is 33.2 Å². The molecule has 0 spiro atoms. The third-order valence-corrected chi connectivity index (χ3v) is 5.66. The number of nitro groups is 1. The SMILES string of the molecule is O=C(O)c1ccc(NC(CS(=O)(=O)Cc2ccc(Cl)cc2)C(=O)O)c([N+](=O)[O-])c1. The van der Waals surface area contributed by atoms with Crippen LogP contribution < -0.4 is 5.32 Å². The van der Waals surface area contributed by atoms with Crippen molar-refractivity contribution in [3.63, 3.8) is 0 Å². The molecule has 2 rings (SSSR count). The van der Waals surface area contributed by atoms with Gasteiger partial charge < -0.3 is 15.5 Å². The van der Waals surface area contributed by atoms with Gasteiger partial charge in [0.1, 0.15) is 11.7 Å². The summed E-state index contributed by atoms with van der Waals surface area (Å²) in [7, 11) is -3.92. The van der Waals surface area contributed by atoms with Crippen LogP contribution in [0, 0.1) is 10.1 Å². The maximum atomic E-state index is 12.4. The predicted octanol–water partition coefficient (Wildman–Crippen LogP) is 2.43. The molecule has 0 aliphatic rings. The van der Waals surface area contributed by atoms with Crippen LogP contribution >= 0.6 is 11.6 Å². The average Bonchev–Trinajstić information content (AvgIpc) is 2.62. The lowest BCUT2D eigenvalue weighted by Gasteiger charge is -2.16. The van der Waals surface area contributed by atoms with Crippen molar-refractivity contribution in [2.75, 3.05) is 11.1 Å². The van der Waals surface area contributed by atoms with Gasteiger partial charge in [-0.3, -0.25) is 10.1 Å². The number of sulfone groups is 1. The lowest BCUT2D eigenvalue weighted by atomic mass is 10.1. The number of hydrogen-bond donors (Lipinski definition) is 3. The quantitative estimate of drug-likeness (QED) is 0.390. The predicted molar refractivity (Wildman–Crippen MR) is 104 cm³/mol. The van der Waals surface area contributed by atoms with Gasteiger partial charge in [0.05, 0.1) is 22.0 Å². The number of nitrogens with one attached hydrogen (secondary N) is 1. The molecule has 0 aromatic heterocycles. The molecule has 12 heteroatoms. The zero-order chi connectivity index (χ0) is 21.8. The van der Waals surface area contributed by atoms with Crippen molar-refractivity contribution in [2.24, 2.45) is 0 Å². The van der Waals surface area contributed by atoms with Crippen LogP contribution in [0.25, 0.3) is 0 Å². The van der Waals surface area contributed by atoms with Crippen molar-refractivity contribution in [3.8, 4) is 0 Å². The van der Waals surface area contributed by atoms with E-state index in [2.05, 4.69) is 5.32 Å². The van der Waals surface area contributed by atoms with Gasteiger partial charge in [0, 0.05) is 11.1 Å². The summed E-state index contributed by atoms with van der Waals surface area (Å²) in [6.07, 6.45) is 0. The van der Waals surface area contributed by atoms with Crippen LogP contribution in [-0.2, 0) is 20.4 Å². The van der Waals surface area contributed by atoms with E-state index in [0.717, 1.165) is 18.2 Å². The van der Waals surface area contributed by atoms with E-state index in [0.29, 0.717) is 10.6 Å². The molecule has 1 atom stereocenters. The molecule has 0 fully saturated rings. The van der Waals surface area contributed by atoms with Gasteiger partial charge in [0.25, 0.3) is 5.69 Å². The minimum Gasteiger partial charge on any atom is -0.480 e. The Kier molecular flexibility index (Phi) is 6.77. The van der Waals surface area contributed by atoms with Crippen molar-refractivity contribution in [1.82, 2.24) is 0 Å². The molecule has 2 aromatic carbocycles. The molecular weight excluding hydrogens is 428 g/mol. The Morgan fingerprint density at radius 3 is 2.28 bits per heavy atom. The summed E-state index contributed by atoms with van der Waals surface area (Å²) in [5.74, 6) is -4.24. The number of carboxylic acid groups (broad SMARTS) is 2. The number of anilines is 1. The highest BCUT2D eigenvalue weighted by Gasteiger charge is 2.28. The fourth-order valence-electron chi connectivity index (χ4n) is 2.45. The number of aromatic carboxylic acids is 1. The van der Waals surface area contributed by atoms with Gasteiger partial charge >= 0.3 is 11.9 Å². The maximum absolute atomic E-state index is 12.4. The Morgan fingerprint density at radius 2 is 1.76 bits per heavy atom. The van der Waals surface area contributed by atoms with E-state index in [-0.39, 0.29) is 11.3 Å². The van der Waals surface area contributed by atoms with E-state index in [1.165, 1.54) is 24.3 Å². The molecule has 0 aliphatic heterocycles. The van der Waals surface area contributed by atoms with E-state index in [1.807, 2.05) is 0 Å². The molecule has 0 saturated heterocycles. The molecule has 0 saturated carbocycles. The van der Waals surface area contributed by atoms with Crippen molar-refractivity contribution in [1.29, 1.82) is 0 Å². The highest BCUT2D eigenvalue weighted by Crippen LogP contribution is 2.27. The number of rotatable bonds is 9. The van der Waals surface area contributed by atoms with Crippen LogP contribution in [0.2, 0.25) is 5.02 Å². The smallest absolute Gasteiger partial charge is 0.335 e. The summed E-state index contributed by atoms with van der Waals surface area (Å²) in [6.45, 7) is 0. The standard InChI is InChI=1S/C17H15ClN2O8S/c18-12-4-1-10(2-5-12)8-29(27,28)9-14(17(23)24)19-13-6-3-11(16(21)22)7-15(13)20(25)26/h1-7,14,19H,8-9H2,(H,21,22)(H,23,24). The first-order valence-electron chi connectivity index (χ1n) is 7.94. The third kappa shape index (κ3) is 6.16. The van der Waals surface area contributed by atoms with Gasteiger partial charge in [-0.1, -0.05) is 23.7 Å². The molecule has 10 nitrogen and oxygen atoms in total. The number of hydrogen-bond acceptors (Lipinski definition) is 7. The zero-order valence-electron chi connectivity index (χ0n) is 14.6. The van der Waals surface area contributed by atoms with Crippen molar-refractivity contribution < 1.29 is 33.1 Å². The van der Waals surface area contributed by atoms with Gasteiger partial charge in [0.15, 0.2) is 9.84 Å². The normalized spacial score (nSPS) is 12.2. The van der Waals surface area contributed by atoms with Crippen LogP contribution in [0.1, 0.15) is 15.9 Å². The van der Waals surface area contributed by atoms with Crippen molar-refractivity contribution in [2.45, 2.75) is 11.8 Å². The fourth-order valence-corrected chi connectivity index (χ4v) is 4.13. The first kappa shape index (κ1) is 22.1. The largest absolute Gasteiger partial charge is 0.480 e. The van der Waals surface area contributed by atoms with E-state index in [1.54, 1.807) is 0 Å². The molecule has 29 heavy (non-hydrogen) atoms. The minimum atomic E-state index is -3.92. The lowest BCUT2D eigenvalue weighted by molar-refractivity contribution is -0.384. The average molecular weight is 443 g/mol. The van der Waals surface area contributed by atoms with E-state index >= 15 is 0 Å². The number of aliphatic carboxylic acids is 1. The molecule has 0 aliphatic carbocycles. The number of halogens is 1. The molecule has 1 unspecified atom stereocenters. The van der Waals surface area contributed by atoms with Gasteiger partial charge in [-0.2, -0.15) is 0 Å². The Morgan fingerprint density at radius 1 is 1.14 bits per heavy atom. The van der Waals surface area contributed by atoms with Crippen LogP contribution in [0.3, 0.4) is 0 Å². The van der Waals surface area contributed by atoms with Crippen molar-refractivity contribution >= 4 is 44.8 Å². The number of nitro benzene ring substituents is 1. The highest BCUT2D eigenvalue weighted by atomic mass is 35.5. The Balaban J connectivity index is 2.26. The summed E-state index contributed by atoms with van der Waals surface area (Å²) in [5, 5.41) is 32.2. The van der Waals surface area contributed by atoms with Gasteiger partial charge in [-0.05, 0) is 29.8 Å². The first-order valence-corrected chi connectivity index (χ1v) is 10.1. The Hall–Kier alpha value is -3.18. The second-order valence-corrected chi connectivity index (χ2v) is 8.56. The van der Waals surface area contributed by atoms with E-state index < -0.39 is 49.9 Å². The number of benzene rings is 2. The topological polar surface area (TPSA) is 164 Å². The summed E-state index contributed by atoms with van der Waals surface area (Å²) in [5.41, 5.74) is -0.972. The number of carboxylic acids is 2. The summed E-state index contributed by atoms with van der Waals surface area (Å²) >= 11 is 5.74. The first-order chi connectivity index (χ1) is 13.5. The minimum absolute atomic E-state index is 0.311. The van der Waals surface area contributed by atoms with Crippen LogP contribution in [0.15, 0.2) is 42.5 Å². The number of nitrogens with zero attached hydrogens (tertiary/aromatic N) is 1. The highest BCUT2D eigenvalue weighted by molar-refractivity contribution is 7.90. The van der Waals surface area contributed by atoms with Crippen LogP contribution in [0.4, 0.5) is 11.4 Å². The summed E-state index contributed by atoms with van der Waals surface area (Å²) < 4.78 is 24.8. The molecule has 2 aromatic rings. The summed E-state index contributed by atoms with van der Waals surface area (Å²) in [6, 6.07) is 7.08. The Labute approximate surface area is 169 Å². The zero-order valence-corrected chi connectivity index (χ0v) is 16.2. The molecule has 154 valence electrons. The second-order valence-electron chi connectivity index (χ2n) is 6.01. The van der Waals surface area contributed by atoms with Crippen molar-refractivity contribution in [3.05, 3.63) is 68.7 Å². The molecular formula is C17H15ClN2O8S. The molecule has 0 radical (unpaired) electrons.